The van der Waals surface area contributed by atoms with Gasteiger partial charge in [-0.25, -0.2) is 9.78 Å². The summed E-state index contributed by atoms with van der Waals surface area (Å²) in [6.07, 6.45) is 0. The van der Waals surface area contributed by atoms with Crippen molar-refractivity contribution in [2.45, 2.75) is 6.92 Å². The van der Waals surface area contributed by atoms with Crippen LogP contribution in [0, 0.1) is 0 Å². The summed E-state index contributed by atoms with van der Waals surface area (Å²) in [6.45, 7) is 1.35. The molecule has 1 N–H and O–H groups in total. The Bertz CT molecular complexity index is 511. The van der Waals surface area contributed by atoms with Gasteiger partial charge in [0.2, 0.25) is 0 Å². The van der Waals surface area contributed by atoms with Crippen molar-refractivity contribution in [3.8, 4) is 9.88 Å². The number of carbonyl (C=O) groups is 2. The summed E-state index contributed by atoms with van der Waals surface area (Å²) in [7, 11) is 0. The van der Waals surface area contributed by atoms with E-state index >= 15 is 0 Å². The Kier molecular flexibility index (Phi) is 2.84. The molecule has 0 spiro atoms. The van der Waals surface area contributed by atoms with Crippen LogP contribution in [0.2, 0.25) is 0 Å². The summed E-state index contributed by atoms with van der Waals surface area (Å²) in [5.74, 6) is -1.43. The van der Waals surface area contributed by atoms with Crippen molar-refractivity contribution < 1.29 is 14.7 Å². The zero-order valence-corrected chi connectivity index (χ0v) is 9.89. The van der Waals surface area contributed by atoms with Gasteiger partial charge in [0.25, 0.3) is 0 Å². The molecular weight excluding hydrogens is 246 g/mol. The quantitative estimate of drug-likeness (QED) is 0.854. The van der Waals surface area contributed by atoms with Crippen LogP contribution in [0.15, 0.2) is 17.5 Å². The standard InChI is InChI=1S/C10H7NO3S2/c1-5(12)8-7(10(13)14)11-9(16-8)6-3-2-4-15-6/h2-4H,1H3,(H,13,14). The second-order valence-electron chi connectivity index (χ2n) is 3.04. The molecule has 4 nitrogen and oxygen atoms in total. The summed E-state index contributed by atoms with van der Waals surface area (Å²) >= 11 is 2.59. The molecule has 0 saturated heterocycles. The predicted octanol–water partition coefficient (Wildman–Crippen LogP) is 2.77. The first-order chi connectivity index (χ1) is 7.59. The van der Waals surface area contributed by atoms with Crippen molar-refractivity contribution in [2.75, 3.05) is 0 Å². The third kappa shape index (κ3) is 1.89. The number of aromatic nitrogens is 1. The maximum atomic E-state index is 11.3. The van der Waals surface area contributed by atoms with Crippen LogP contribution < -0.4 is 0 Å². The molecule has 0 saturated carbocycles. The van der Waals surface area contributed by atoms with E-state index in [0.717, 1.165) is 16.2 Å². The molecule has 0 atom stereocenters. The van der Waals surface area contributed by atoms with Crippen molar-refractivity contribution >= 4 is 34.4 Å². The minimum atomic E-state index is -1.16. The first kappa shape index (κ1) is 11.0. The van der Waals surface area contributed by atoms with Crippen LogP contribution >= 0.6 is 22.7 Å². The molecule has 16 heavy (non-hydrogen) atoms. The smallest absolute Gasteiger partial charge is 0.356 e. The molecule has 0 unspecified atom stereocenters. The molecule has 2 aromatic heterocycles. The van der Waals surface area contributed by atoms with Gasteiger partial charge in [-0.1, -0.05) is 6.07 Å². The van der Waals surface area contributed by atoms with E-state index in [1.54, 1.807) is 0 Å². The van der Waals surface area contributed by atoms with Crippen molar-refractivity contribution in [3.05, 3.63) is 28.1 Å². The molecule has 0 amide bonds. The summed E-state index contributed by atoms with van der Waals surface area (Å²) < 4.78 is 0. The maximum Gasteiger partial charge on any atom is 0.356 e. The van der Waals surface area contributed by atoms with Crippen LogP contribution in [0.4, 0.5) is 0 Å². The van der Waals surface area contributed by atoms with E-state index in [0.29, 0.717) is 5.01 Å². The molecule has 2 rings (SSSR count). The molecule has 0 aliphatic heterocycles. The third-order valence-electron chi connectivity index (χ3n) is 1.88. The van der Waals surface area contributed by atoms with E-state index in [1.165, 1.54) is 18.3 Å². The monoisotopic (exact) mass is 253 g/mol. The van der Waals surface area contributed by atoms with Gasteiger partial charge in [0, 0.05) is 6.92 Å². The van der Waals surface area contributed by atoms with E-state index in [-0.39, 0.29) is 16.4 Å². The number of aromatic carboxylic acids is 1. The Morgan fingerprint density at radius 2 is 2.19 bits per heavy atom. The van der Waals surface area contributed by atoms with Crippen molar-refractivity contribution in [1.29, 1.82) is 0 Å². The van der Waals surface area contributed by atoms with Gasteiger partial charge in [-0.3, -0.25) is 4.79 Å². The lowest BCUT2D eigenvalue weighted by atomic mass is 10.3. The fourth-order valence-electron chi connectivity index (χ4n) is 1.21. The largest absolute Gasteiger partial charge is 0.476 e. The fourth-order valence-corrected chi connectivity index (χ4v) is 2.96. The number of ketones is 1. The van der Waals surface area contributed by atoms with Crippen LogP contribution in [0.3, 0.4) is 0 Å². The van der Waals surface area contributed by atoms with Gasteiger partial charge in [0.1, 0.15) is 9.88 Å². The van der Waals surface area contributed by atoms with Crippen LogP contribution in [0.1, 0.15) is 27.1 Å². The van der Waals surface area contributed by atoms with Crippen LogP contribution in [0.25, 0.3) is 9.88 Å². The minimum absolute atomic E-state index is 0.152. The molecule has 82 valence electrons. The zero-order valence-electron chi connectivity index (χ0n) is 8.26. The lowest BCUT2D eigenvalue weighted by Crippen LogP contribution is -2.03. The van der Waals surface area contributed by atoms with Gasteiger partial charge in [0.05, 0.1) is 4.88 Å². The first-order valence-electron chi connectivity index (χ1n) is 4.38. The number of rotatable bonds is 3. The lowest BCUT2D eigenvalue weighted by Gasteiger charge is -1.89. The Morgan fingerprint density at radius 3 is 2.62 bits per heavy atom. The Hall–Kier alpha value is -1.53. The highest BCUT2D eigenvalue weighted by Crippen LogP contribution is 2.31. The number of carboxylic acids is 1. The van der Waals surface area contributed by atoms with Gasteiger partial charge in [-0.15, -0.1) is 22.7 Å². The van der Waals surface area contributed by atoms with Crippen molar-refractivity contribution in [2.24, 2.45) is 0 Å². The fraction of sp³-hybridized carbons (Fsp3) is 0.100. The second-order valence-corrected chi connectivity index (χ2v) is 4.98. The lowest BCUT2D eigenvalue weighted by molar-refractivity contribution is 0.0687. The normalized spacial score (nSPS) is 10.3. The molecule has 0 bridgehead atoms. The number of carbonyl (C=O) groups excluding carboxylic acids is 1. The van der Waals surface area contributed by atoms with E-state index in [4.69, 9.17) is 5.11 Å². The maximum absolute atomic E-state index is 11.3. The van der Waals surface area contributed by atoms with Gasteiger partial charge in [-0.05, 0) is 11.4 Å². The molecule has 0 fully saturated rings. The van der Waals surface area contributed by atoms with E-state index in [9.17, 15) is 9.59 Å². The molecule has 2 aromatic rings. The van der Waals surface area contributed by atoms with Crippen molar-refractivity contribution in [1.82, 2.24) is 4.98 Å². The van der Waals surface area contributed by atoms with E-state index in [1.807, 2.05) is 17.5 Å². The highest BCUT2D eigenvalue weighted by Gasteiger charge is 2.21. The molecule has 2 heterocycles. The average molecular weight is 253 g/mol. The molecule has 0 radical (unpaired) electrons. The van der Waals surface area contributed by atoms with Crippen LogP contribution in [0.5, 0.6) is 0 Å². The van der Waals surface area contributed by atoms with Gasteiger partial charge in [0.15, 0.2) is 11.5 Å². The minimum Gasteiger partial charge on any atom is -0.476 e. The van der Waals surface area contributed by atoms with Crippen molar-refractivity contribution in [3.63, 3.8) is 0 Å². The molecule has 6 heteroatoms. The number of hydrogen-bond acceptors (Lipinski definition) is 5. The first-order valence-corrected chi connectivity index (χ1v) is 6.08. The number of nitrogens with zero attached hydrogens (tertiary/aromatic N) is 1. The van der Waals surface area contributed by atoms with E-state index < -0.39 is 5.97 Å². The number of thiophene rings is 1. The molecule has 0 aromatic carbocycles. The second kappa shape index (κ2) is 4.15. The van der Waals surface area contributed by atoms with Crippen LogP contribution in [-0.4, -0.2) is 21.8 Å². The Balaban J connectivity index is 2.55. The number of Topliss-reactive ketones (excluding diaryl/α,β-unsaturated/α-hetero) is 1. The summed E-state index contributed by atoms with van der Waals surface area (Å²) in [5.41, 5.74) is -0.152. The topological polar surface area (TPSA) is 67.3 Å². The SMILES string of the molecule is CC(=O)c1sc(-c2cccs2)nc1C(=O)O. The summed E-state index contributed by atoms with van der Waals surface area (Å²) in [5, 5.41) is 11.4. The Morgan fingerprint density at radius 1 is 1.44 bits per heavy atom. The summed E-state index contributed by atoms with van der Waals surface area (Å²) in [6, 6.07) is 3.70. The molecule has 0 aliphatic carbocycles. The van der Waals surface area contributed by atoms with Gasteiger partial charge in [-0.2, -0.15) is 0 Å². The third-order valence-corrected chi connectivity index (χ3v) is 4.08. The predicted molar refractivity (Wildman–Crippen MR) is 62.4 cm³/mol. The molecular formula is C10H7NO3S2. The number of hydrogen-bond donors (Lipinski definition) is 1. The number of thiazole rings is 1. The van der Waals surface area contributed by atoms with Gasteiger partial charge >= 0.3 is 5.97 Å². The summed E-state index contributed by atoms with van der Waals surface area (Å²) in [4.78, 5) is 27.2. The highest BCUT2D eigenvalue weighted by atomic mass is 32.1. The van der Waals surface area contributed by atoms with E-state index in [2.05, 4.69) is 4.98 Å². The number of carboxylic acid groups (broad SMARTS) is 1. The highest BCUT2D eigenvalue weighted by molar-refractivity contribution is 7.22. The van der Waals surface area contributed by atoms with Gasteiger partial charge < -0.3 is 5.11 Å². The Labute approximate surface area is 99.2 Å². The average Bonchev–Trinajstić information content (AvgIpc) is 2.86. The molecule has 0 aliphatic rings. The van der Waals surface area contributed by atoms with Crippen LogP contribution in [-0.2, 0) is 0 Å². The zero-order chi connectivity index (χ0) is 11.7.